The molecule has 0 aromatic heterocycles. The second-order valence-corrected chi connectivity index (χ2v) is 12.0. The number of amides is 2. The van der Waals surface area contributed by atoms with Crippen molar-refractivity contribution >= 4 is 29.1 Å². The summed E-state index contributed by atoms with van der Waals surface area (Å²) >= 11 is 6.05. The fraction of sp³-hybridized carbons (Fsp3) is 0.394. The Labute approximate surface area is 259 Å². The number of benzene rings is 3. The van der Waals surface area contributed by atoms with Gasteiger partial charge in [-0.05, 0) is 73.2 Å². The van der Waals surface area contributed by atoms with Gasteiger partial charge in [-0.25, -0.2) is 13.2 Å². The fourth-order valence-electron chi connectivity index (χ4n) is 6.22. The van der Waals surface area contributed by atoms with E-state index in [0.29, 0.717) is 48.7 Å². The molecule has 0 radical (unpaired) electrons. The summed E-state index contributed by atoms with van der Waals surface area (Å²) in [7, 11) is 0. The largest absolute Gasteiger partial charge is 0.369 e. The molecule has 11 heteroatoms. The molecule has 2 heterocycles. The first kappa shape index (κ1) is 32.0. The molecule has 0 bridgehead atoms. The second-order valence-electron chi connectivity index (χ2n) is 11.6. The minimum Gasteiger partial charge on any atom is -0.369 e. The van der Waals surface area contributed by atoms with Gasteiger partial charge in [0.05, 0.1) is 17.7 Å². The van der Waals surface area contributed by atoms with Crippen molar-refractivity contribution in [3.8, 4) is 0 Å². The molecule has 2 aliphatic heterocycles. The van der Waals surface area contributed by atoms with Gasteiger partial charge in [0.15, 0.2) is 0 Å². The summed E-state index contributed by atoms with van der Waals surface area (Å²) in [5, 5.41) is 6.65. The number of nitrogens with one attached hydrogen (secondary N) is 2. The number of carbonyl (C=O) groups is 2. The van der Waals surface area contributed by atoms with Gasteiger partial charge in [-0.15, -0.1) is 0 Å². The molecule has 7 nitrogen and oxygen atoms in total. The number of likely N-dealkylation sites (tertiary alicyclic amines) is 1. The number of rotatable bonds is 8. The average Bonchev–Trinajstić information content (AvgIpc) is 2.98. The predicted molar refractivity (Wildman–Crippen MR) is 163 cm³/mol. The third-order valence-corrected chi connectivity index (χ3v) is 8.84. The van der Waals surface area contributed by atoms with E-state index in [1.54, 1.807) is 37.3 Å². The highest BCUT2D eigenvalue weighted by atomic mass is 35.5. The molecule has 2 fully saturated rings. The maximum atomic E-state index is 15.2. The van der Waals surface area contributed by atoms with Crippen molar-refractivity contribution in [1.29, 1.82) is 0 Å². The minimum atomic E-state index is -1.28. The number of hydrogen-bond acceptors (Lipinski definition) is 5. The van der Waals surface area contributed by atoms with Crippen molar-refractivity contribution in [2.24, 2.45) is 5.73 Å². The molecule has 2 aliphatic rings. The normalized spacial score (nSPS) is 19.4. The zero-order chi connectivity index (χ0) is 31.4. The smallest absolute Gasteiger partial charge is 0.242 e. The highest BCUT2D eigenvalue weighted by molar-refractivity contribution is 6.30. The number of nitrogens with zero attached hydrogens (tertiary/aromatic N) is 1. The summed E-state index contributed by atoms with van der Waals surface area (Å²) in [6.45, 7) is 4.13. The predicted octanol–water partition coefficient (Wildman–Crippen LogP) is 5.16. The Morgan fingerprint density at radius 1 is 1.07 bits per heavy atom. The van der Waals surface area contributed by atoms with Crippen molar-refractivity contribution in [2.45, 2.75) is 56.3 Å². The van der Waals surface area contributed by atoms with Crippen molar-refractivity contribution < 1.29 is 27.5 Å². The van der Waals surface area contributed by atoms with Gasteiger partial charge in [0.1, 0.15) is 17.5 Å². The molecule has 2 amide bonds. The Bertz CT molecular complexity index is 1480. The molecule has 3 unspecified atom stereocenters. The van der Waals surface area contributed by atoms with Gasteiger partial charge >= 0.3 is 0 Å². The van der Waals surface area contributed by atoms with Crippen molar-refractivity contribution in [3.05, 3.63) is 99.8 Å². The summed E-state index contributed by atoms with van der Waals surface area (Å²) in [5.41, 5.74) is 7.37. The molecule has 3 aromatic carbocycles. The summed E-state index contributed by atoms with van der Waals surface area (Å²) in [6.07, 6.45) is 2.04. The van der Waals surface area contributed by atoms with Crippen LogP contribution in [0.1, 0.15) is 48.8 Å². The summed E-state index contributed by atoms with van der Waals surface area (Å²) in [4.78, 5) is 27.1. The van der Waals surface area contributed by atoms with E-state index in [0.717, 1.165) is 31.0 Å². The first-order valence-electron chi connectivity index (χ1n) is 14.7. The van der Waals surface area contributed by atoms with Crippen molar-refractivity contribution in [3.63, 3.8) is 0 Å². The van der Waals surface area contributed by atoms with Crippen molar-refractivity contribution in [2.75, 3.05) is 31.5 Å². The SMILES string of the molecule is CC(=O)N1CCC2(CC1)CNCC(CCc1c(F)cccc1NC(=O)C(N)C(c1ccc(Cl)cc1)c1cc(F)cc(F)c1)O2. The molecule has 0 saturated carbocycles. The number of halogens is 4. The topological polar surface area (TPSA) is 96.7 Å². The van der Waals surface area contributed by atoms with E-state index in [1.807, 2.05) is 4.90 Å². The number of anilines is 1. The van der Waals surface area contributed by atoms with E-state index in [4.69, 9.17) is 22.1 Å². The molecule has 3 aromatic rings. The molecule has 1 spiro atoms. The van der Waals surface area contributed by atoms with Gasteiger partial charge in [-0.2, -0.15) is 0 Å². The Morgan fingerprint density at radius 3 is 2.41 bits per heavy atom. The lowest BCUT2D eigenvalue weighted by atomic mass is 9.84. The van der Waals surface area contributed by atoms with E-state index in [9.17, 15) is 18.4 Å². The van der Waals surface area contributed by atoms with Gasteiger partial charge in [0.25, 0.3) is 0 Å². The van der Waals surface area contributed by atoms with E-state index in [2.05, 4.69) is 10.6 Å². The van der Waals surface area contributed by atoms with Crippen LogP contribution < -0.4 is 16.4 Å². The molecule has 0 aliphatic carbocycles. The van der Waals surface area contributed by atoms with Crippen LogP contribution in [0.25, 0.3) is 0 Å². The first-order chi connectivity index (χ1) is 21.0. The highest BCUT2D eigenvalue weighted by Gasteiger charge is 2.40. The van der Waals surface area contributed by atoms with Crippen LogP contribution in [0.2, 0.25) is 5.02 Å². The van der Waals surface area contributed by atoms with Gasteiger partial charge in [0.2, 0.25) is 11.8 Å². The van der Waals surface area contributed by atoms with Crippen LogP contribution in [-0.2, 0) is 20.7 Å². The first-order valence-corrected chi connectivity index (χ1v) is 15.1. The van der Waals surface area contributed by atoms with Crippen LogP contribution in [0.3, 0.4) is 0 Å². The molecular formula is C33H36ClF3N4O3. The van der Waals surface area contributed by atoms with Crippen LogP contribution in [-0.4, -0.2) is 60.6 Å². The summed E-state index contributed by atoms with van der Waals surface area (Å²) < 4.78 is 50.1. The number of carbonyl (C=O) groups excluding carboxylic acids is 2. The average molecular weight is 629 g/mol. The molecule has 4 N–H and O–H groups in total. The lowest BCUT2D eigenvalue weighted by molar-refractivity contribution is -0.153. The maximum absolute atomic E-state index is 15.2. The van der Waals surface area contributed by atoms with Gasteiger partial charge in [0, 0.05) is 61.4 Å². The van der Waals surface area contributed by atoms with Crippen LogP contribution in [0, 0.1) is 17.5 Å². The number of morpholine rings is 1. The van der Waals surface area contributed by atoms with E-state index < -0.39 is 35.3 Å². The monoisotopic (exact) mass is 628 g/mol. The van der Waals surface area contributed by atoms with Crippen molar-refractivity contribution in [1.82, 2.24) is 10.2 Å². The quantitative estimate of drug-likeness (QED) is 0.320. The third-order valence-electron chi connectivity index (χ3n) is 8.58. The second kappa shape index (κ2) is 13.7. The van der Waals surface area contributed by atoms with E-state index in [1.165, 1.54) is 12.1 Å². The molecule has 3 atom stereocenters. The van der Waals surface area contributed by atoms with Crippen LogP contribution in [0.5, 0.6) is 0 Å². The number of hydrogen-bond donors (Lipinski definition) is 3. The van der Waals surface area contributed by atoms with Crippen LogP contribution in [0.4, 0.5) is 18.9 Å². The minimum absolute atomic E-state index is 0.0524. The molecule has 234 valence electrons. The van der Waals surface area contributed by atoms with Crippen LogP contribution in [0.15, 0.2) is 60.7 Å². The van der Waals surface area contributed by atoms with Gasteiger partial charge < -0.3 is 26.0 Å². The Kier molecular flexibility index (Phi) is 9.94. The zero-order valence-corrected chi connectivity index (χ0v) is 25.2. The highest BCUT2D eigenvalue weighted by Crippen LogP contribution is 2.33. The lowest BCUT2D eigenvalue weighted by Gasteiger charge is -2.46. The standard InChI is InChI=1S/C33H36ClF3N4O3/c1-20(42)41-13-11-33(12-14-41)19-39-18-26(44-33)9-10-27-28(37)3-2-4-29(27)40-32(43)31(38)30(21-5-7-23(34)8-6-21)22-15-24(35)17-25(36)16-22/h2-8,15-17,26,30-31,39H,9-14,18-19,38H2,1H3,(H,40,43). The number of nitrogens with two attached hydrogens (primary N) is 1. The molecular weight excluding hydrogens is 593 g/mol. The van der Waals surface area contributed by atoms with E-state index >= 15 is 4.39 Å². The maximum Gasteiger partial charge on any atom is 0.242 e. The third kappa shape index (κ3) is 7.43. The summed E-state index contributed by atoms with van der Waals surface area (Å²) in [5.74, 6) is -3.59. The fourth-order valence-corrected chi connectivity index (χ4v) is 6.34. The molecule has 44 heavy (non-hydrogen) atoms. The van der Waals surface area contributed by atoms with Gasteiger partial charge in [-0.1, -0.05) is 29.8 Å². The Morgan fingerprint density at radius 2 is 1.75 bits per heavy atom. The Balaban J connectivity index is 1.31. The number of ether oxygens (including phenoxy) is 1. The van der Waals surface area contributed by atoms with E-state index in [-0.39, 0.29) is 35.3 Å². The van der Waals surface area contributed by atoms with Crippen LogP contribution >= 0.6 is 11.6 Å². The lowest BCUT2D eigenvalue weighted by Crippen LogP contribution is -2.58. The summed E-state index contributed by atoms with van der Waals surface area (Å²) in [6, 6.07) is 12.7. The number of piperidine rings is 1. The Hall–Kier alpha value is -3.44. The molecule has 2 saturated heterocycles. The molecule has 5 rings (SSSR count). The van der Waals surface area contributed by atoms with Gasteiger partial charge in [-0.3, -0.25) is 9.59 Å². The zero-order valence-electron chi connectivity index (χ0n) is 24.4.